The molecule has 3 heterocycles. The Morgan fingerprint density at radius 2 is 2.05 bits per heavy atom. The number of benzene rings is 1. The molecular weight excluding hydrogens is 302 g/mol. The van der Waals surface area contributed by atoms with Crippen molar-refractivity contribution in [1.29, 1.82) is 0 Å². The van der Waals surface area contributed by atoms with Crippen LogP contribution in [0.1, 0.15) is 29.8 Å². The van der Waals surface area contributed by atoms with Crippen LogP contribution < -0.4 is 5.32 Å². The summed E-state index contributed by atoms with van der Waals surface area (Å²) in [6.45, 7) is 5.58. The molecule has 2 aromatic rings. The molecule has 2 fully saturated rings. The fraction of sp³-hybridized carbons (Fsp3) is 0.562. The Morgan fingerprint density at radius 3 is 2.81 bits per heavy atom. The molecule has 1 aromatic carbocycles. The number of halogens is 1. The number of piperidine rings is 1. The predicted molar refractivity (Wildman–Crippen MR) is 91.4 cm³/mol. The Kier molecular flexibility index (Phi) is 4.50. The molecule has 0 radical (unpaired) electrons. The number of aryl methyl sites for hydroxylation is 1. The van der Waals surface area contributed by atoms with Crippen molar-refractivity contribution in [3.8, 4) is 0 Å². The van der Waals surface area contributed by atoms with Gasteiger partial charge in [-0.15, -0.1) is 23.7 Å². The maximum atomic E-state index is 4.54. The number of hydrogen-bond donors (Lipinski definition) is 1. The smallest absolute Gasteiger partial charge is 0.0907 e. The van der Waals surface area contributed by atoms with Gasteiger partial charge in [-0.25, -0.2) is 4.98 Å². The first kappa shape index (κ1) is 15.2. The fourth-order valence-corrected chi connectivity index (χ4v) is 4.56. The maximum Gasteiger partial charge on any atom is 0.0907 e. The van der Waals surface area contributed by atoms with Crippen molar-refractivity contribution in [2.75, 3.05) is 13.1 Å². The van der Waals surface area contributed by atoms with E-state index in [4.69, 9.17) is 0 Å². The highest BCUT2D eigenvalue weighted by molar-refractivity contribution is 7.18. The van der Waals surface area contributed by atoms with Crippen molar-refractivity contribution in [2.24, 2.45) is 0 Å². The van der Waals surface area contributed by atoms with E-state index in [1.807, 2.05) is 0 Å². The lowest BCUT2D eigenvalue weighted by Crippen LogP contribution is -2.58. The van der Waals surface area contributed by atoms with Crippen molar-refractivity contribution < 1.29 is 0 Å². The van der Waals surface area contributed by atoms with E-state index >= 15 is 0 Å². The highest BCUT2D eigenvalue weighted by atomic mass is 35.5. The average Bonchev–Trinajstić information content (AvgIpc) is 2.77. The second-order valence-electron chi connectivity index (χ2n) is 6.22. The van der Waals surface area contributed by atoms with E-state index in [0.29, 0.717) is 0 Å². The van der Waals surface area contributed by atoms with Gasteiger partial charge >= 0.3 is 0 Å². The first-order valence-corrected chi connectivity index (χ1v) is 8.42. The van der Waals surface area contributed by atoms with Gasteiger partial charge in [0.2, 0.25) is 0 Å². The zero-order chi connectivity index (χ0) is 13.5. The van der Waals surface area contributed by atoms with Crippen LogP contribution in [-0.4, -0.2) is 35.1 Å². The van der Waals surface area contributed by atoms with Gasteiger partial charge in [-0.05, 0) is 37.5 Å². The first-order chi connectivity index (χ1) is 9.76. The third-order valence-corrected chi connectivity index (χ3v) is 5.43. The second kappa shape index (κ2) is 6.21. The number of fused-ring (bicyclic) bond motifs is 3. The highest BCUT2D eigenvalue weighted by Gasteiger charge is 2.29. The minimum atomic E-state index is 0. The average molecular weight is 324 g/mol. The van der Waals surface area contributed by atoms with Crippen molar-refractivity contribution in [2.45, 2.75) is 44.8 Å². The highest BCUT2D eigenvalue weighted by Crippen LogP contribution is 2.25. The number of rotatable bonds is 2. The van der Waals surface area contributed by atoms with Crippen LogP contribution in [-0.2, 0) is 6.54 Å². The summed E-state index contributed by atoms with van der Waals surface area (Å²) in [5.74, 6) is 0. The van der Waals surface area contributed by atoms with Gasteiger partial charge in [0.05, 0.1) is 15.2 Å². The van der Waals surface area contributed by atoms with Crippen LogP contribution in [0.15, 0.2) is 18.2 Å². The van der Waals surface area contributed by atoms with Crippen molar-refractivity contribution in [1.82, 2.24) is 15.2 Å². The predicted octanol–water partition coefficient (Wildman–Crippen LogP) is 3.35. The monoisotopic (exact) mass is 323 g/mol. The molecule has 2 aliphatic heterocycles. The zero-order valence-corrected chi connectivity index (χ0v) is 14.0. The molecule has 0 aliphatic carbocycles. The van der Waals surface area contributed by atoms with Crippen LogP contribution >= 0.6 is 23.7 Å². The van der Waals surface area contributed by atoms with E-state index in [9.17, 15) is 0 Å². The van der Waals surface area contributed by atoms with Gasteiger partial charge in [0.25, 0.3) is 0 Å². The number of aromatic nitrogens is 1. The maximum absolute atomic E-state index is 4.54. The van der Waals surface area contributed by atoms with Crippen LogP contribution in [0.3, 0.4) is 0 Å². The third-order valence-electron chi connectivity index (χ3n) is 4.50. The summed E-state index contributed by atoms with van der Waals surface area (Å²) in [6.07, 6.45) is 4.10. The standard InChI is InChI=1S/C16H21N3S.ClH/c1-11-17-15-6-5-12(7-16(15)20-11)8-19-9-13-3-2-4-14(10-19)18-13;/h5-7,13-14,18H,2-4,8-10H2,1H3;1H. The molecule has 2 bridgehead atoms. The SMILES string of the molecule is Cc1nc2ccc(CN3CC4CCCC(C3)N4)cc2s1.Cl. The summed E-state index contributed by atoms with van der Waals surface area (Å²) in [7, 11) is 0. The summed E-state index contributed by atoms with van der Waals surface area (Å²) in [6, 6.07) is 8.20. The number of hydrogen-bond acceptors (Lipinski definition) is 4. The molecule has 2 saturated heterocycles. The van der Waals surface area contributed by atoms with E-state index in [0.717, 1.165) is 29.2 Å². The molecule has 3 nitrogen and oxygen atoms in total. The molecule has 2 aliphatic rings. The number of piperazine rings is 1. The molecule has 21 heavy (non-hydrogen) atoms. The summed E-state index contributed by atoms with van der Waals surface area (Å²) in [5, 5.41) is 4.91. The van der Waals surface area contributed by atoms with E-state index in [-0.39, 0.29) is 12.4 Å². The normalized spacial score (nSPS) is 25.8. The minimum absolute atomic E-state index is 0. The second-order valence-corrected chi connectivity index (χ2v) is 7.46. The number of nitrogens with one attached hydrogen (secondary N) is 1. The van der Waals surface area contributed by atoms with Crippen LogP contribution in [0.2, 0.25) is 0 Å². The van der Waals surface area contributed by atoms with Gasteiger partial charge < -0.3 is 5.32 Å². The van der Waals surface area contributed by atoms with E-state index in [1.54, 1.807) is 11.3 Å². The van der Waals surface area contributed by atoms with Gasteiger partial charge in [-0.2, -0.15) is 0 Å². The molecular formula is C16H22ClN3S. The zero-order valence-electron chi connectivity index (χ0n) is 12.3. The summed E-state index contributed by atoms with van der Waals surface area (Å²) in [4.78, 5) is 7.17. The van der Waals surface area contributed by atoms with Crippen molar-refractivity contribution in [3.63, 3.8) is 0 Å². The van der Waals surface area contributed by atoms with Gasteiger partial charge in [-0.3, -0.25) is 4.90 Å². The first-order valence-electron chi connectivity index (χ1n) is 7.61. The van der Waals surface area contributed by atoms with Crippen LogP contribution in [0, 0.1) is 6.92 Å². The largest absolute Gasteiger partial charge is 0.309 e. The number of likely N-dealkylation sites (tertiary alicyclic amines) is 1. The Hall–Kier alpha value is -0.680. The molecule has 0 amide bonds. The van der Waals surface area contributed by atoms with Crippen LogP contribution in [0.4, 0.5) is 0 Å². The molecule has 2 unspecified atom stereocenters. The van der Waals surface area contributed by atoms with Gasteiger partial charge in [0.1, 0.15) is 0 Å². The molecule has 1 aromatic heterocycles. The van der Waals surface area contributed by atoms with Crippen molar-refractivity contribution in [3.05, 3.63) is 28.8 Å². The number of thiazole rings is 1. The number of nitrogens with zero attached hydrogens (tertiary/aromatic N) is 2. The molecule has 2 atom stereocenters. The van der Waals surface area contributed by atoms with Gasteiger partial charge in [0.15, 0.2) is 0 Å². The lowest BCUT2D eigenvalue weighted by molar-refractivity contribution is 0.119. The quantitative estimate of drug-likeness (QED) is 0.918. The molecule has 0 spiro atoms. The van der Waals surface area contributed by atoms with E-state index < -0.39 is 0 Å². The summed E-state index contributed by atoms with van der Waals surface area (Å²) in [5.41, 5.74) is 2.58. The topological polar surface area (TPSA) is 28.2 Å². The van der Waals surface area contributed by atoms with Gasteiger partial charge in [0, 0.05) is 31.7 Å². The van der Waals surface area contributed by atoms with Crippen LogP contribution in [0.25, 0.3) is 10.2 Å². The Morgan fingerprint density at radius 1 is 1.29 bits per heavy atom. The third kappa shape index (κ3) is 3.24. The summed E-state index contributed by atoms with van der Waals surface area (Å²) < 4.78 is 1.33. The van der Waals surface area contributed by atoms with E-state index in [2.05, 4.69) is 40.3 Å². The fourth-order valence-electron chi connectivity index (χ4n) is 3.67. The van der Waals surface area contributed by atoms with E-state index in [1.165, 1.54) is 42.6 Å². The summed E-state index contributed by atoms with van der Waals surface area (Å²) >= 11 is 1.80. The van der Waals surface area contributed by atoms with Gasteiger partial charge in [-0.1, -0.05) is 12.5 Å². The lowest BCUT2D eigenvalue weighted by atomic mass is 9.94. The van der Waals surface area contributed by atoms with Crippen LogP contribution in [0.5, 0.6) is 0 Å². The molecule has 4 rings (SSSR count). The molecule has 114 valence electrons. The Bertz CT molecular complexity index is 615. The Balaban J connectivity index is 0.00000132. The molecule has 5 heteroatoms. The van der Waals surface area contributed by atoms with Crippen molar-refractivity contribution >= 4 is 34.0 Å². The lowest BCUT2D eigenvalue weighted by Gasteiger charge is -2.42. The minimum Gasteiger partial charge on any atom is -0.309 e. The molecule has 0 saturated carbocycles. The molecule has 1 N–H and O–H groups in total. The Labute approximate surface area is 136 Å².